The largest absolute Gasteiger partial charge is 0.386 e. The van der Waals surface area contributed by atoms with Gasteiger partial charge in [-0.3, -0.25) is 4.79 Å². The van der Waals surface area contributed by atoms with Crippen LogP contribution in [-0.2, 0) is 0 Å². The summed E-state index contributed by atoms with van der Waals surface area (Å²) in [5.41, 5.74) is 0.338. The molecule has 3 rings (SSSR count). The first kappa shape index (κ1) is 20.5. The number of aliphatic hydroxyl groups excluding tert-OH is 1. The van der Waals surface area contributed by atoms with Gasteiger partial charge in [-0.15, -0.1) is 0 Å². The number of hydrogen-bond acceptors (Lipinski definition) is 5. The number of carbonyl (C=O) groups excluding carboxylic acids is 1. The summed E-state index contributed by atoms with van der Waals surface area (Å²) in [5.74, 6) is -1.58. The van der Waals surface area contributed by atoms with Crippen molar-refractivity contribution in [2.75, 3.05) is 6.67 Å². The molecule has 0 saturated heterocycles. The van der Waals surface area contributed by atoms with Gasteiger partial charge in [-0.2, -0.15) is 4.98 Å². The second-order valence-corrected chi connectivity index (χ2v) is 6.51. The summed E-state index contributed by atoms with van der Waals surface area (Å²) >= 11 is 0. The van der Waals surface area contributed by atoms with Gasteiger partial charge in [0.1, 0.15) is 30.5 Å². The Balaban J connectivity index is 1.97. The number of alkyl halides is 1. The molecule has 0 saturated carbocycles. The number of carbonyl (C=O) groups is 1. The fraction of sp³-hybridized carbons (Fsp3) is 0.250. The predicted molar refractivity (Wildman–Crippen MR) is 97.6 cm³/mol. The van der Waals surface area contributed by atoms with Gasteiger partial charge in [-0.1, -0.05) is 5.16 Å². The summed E-state index contributed by atoms with van der Waals surface area (Å²) < 4.78 is 45.5. The molecule has 152 valence electrons. The smallest absolute Gasteiger partial charge is 0.251 e. The summed E-state index contributed by atoms with van der Waals surface area (Å²) in [6.45, 7) is 2.17. The lowest BCUT2D eigenvalue weighted by molar-refractivity contribution is 0.0932. The Bertz CT molecular complexity index is 1040. The maximum absolute atomic E-state index is 14.2. The number of amides is 1. The lowest BCUT2D eigenvalue weighted by Gasteiger charge is -2.15. The average molecular weight is 405 g/mol. The van der Waals surface area contributed by atoms with E-state index in [0.717, 1.165) is 6.07 Å². The van der Waals surface area contributed by atoms with Crippen molar-refractivity contribution < 1.29 is 27.6 Å². The summed E-state index contributed by atoms with van der Waals surface area (Å²) in [4.78, 5) is 16.7. The van der Waals surface area contributed by atoms with Crippen LogP contribution in [0.5, 0.6) is 0 Å². The number of rotatable bonds is 6. The lowest BCUT2D eigenvalue weighted by Crippen LogP contribution is -2.27. The second-order valence-electron chi connectivity index (χ2n) is 6.51. The summed E-state index contributed by atoms with van der Waals surface area (Å²) in [7, 11) is 0. The van der Waals surface area contributed by atoms with E-state index in [1.165, 1.54) is 24.3 Å². The van der Waals surface area contributed by atoms with Crippen molar-refractivity contribution in [1.82, 2.24) is 15.5 Å². The van der Waals surface area contributed by atoms with E-state index in [1.54, 1.807) is 13.8 Å². The molecule has 2 atom stereocenters. The van der Waals surface area contributed by atoms with Crippen LogP contribution in [0, 0.1) is 18.6 Å². The van der Waals surface area contributed by atoms with E-state index in [1.807, 2.05) is 0 Å². The summed E-state index contributed by atoms with van der Waals surface area (Å²) in [5, 5.41) is 16.2. The highest BCUT2D eigenvalue weighted by molar-refractivity contribution is 5.96. The van der Waals surface area contributed by atoms with Crippen LogP contribution in [0.2, 0.25) is 0 Å². The Morgan fingerprint density at radius 1 is 1.24 bits per heavy atom. The van der Waals surface area contributed by atoms with Crippen molar-refractivity contribution in [3.8, 4) is 11.1 Å². The molecule has 0 aliphatic rings. The molecule has 2 aromatic carbocycles. The Morgan fingerprint density at radius 2 is 2.00 bits per heavy atom. The van der Waals surface area contributed by atoms with E-state index < -0.39 is 36.4 Å². The van der Waals surface area contributed by atoms with Crippen LogP contribution in [0.25, 0.3) is 11.1 Å². The van der Waals surface area contributed by atoms with Crippen molar-refractivity contribution in [2.24, 2.45) is 0 Å². The highest BCUT2D eigenvalue weighted by Gasteiger charge is 2.20. The molecule has 9 heteroatoms. The highest BCUT2D eigenvalue weighted by atomic mass is 19.1. The van der Waals surface area contributed by atoms with Crippen LogP contribution in [0.3, 0.4) is 0 Å². The van der Waals surface area contributed by atoms with Crippen molar-refractivity contribution in [2.45, 2.75) is 26.0 Å². The third-order valence-electron chi connectivity index (χ3n) is 4.25. The predicted octanol–water partition coefficient (Wildman–Crippen LogP) is 3.82. The molecule has 1 aromatic heterocycles. The molecule has 0 bridgehead atoms. The molecular weight excluding hydrogens is 387 g/mol. The number of aliphatic hydroxyl groups is 1. The zero-order valence-corrected chi connectivity index (χ0v) is 15.6. The van der Waals surface area contributed by atoms with Gasteiger partial charge >= 0.3 is 0 Å². The zero-order chi connectivity index (χ0) is 21.1. The Hall–Kier alpha value is -3.20. The maximum atomic E-state index is 14.2. The fourth-order valence-corrected chi connectivity index (χ4v) is 2.77. The van der Waals surface area contributed by atoms with Gasteiger partial charge in [-0.25, -0.2) is 13.2 Å². The van der Waals surface area contributed by atoms with E-state index in [2.05, 4.69) is 15.5 Å². The van der Waals surface area contributed by atoms with Gasteiger partial charge in [0.25, 0.3) is 5.91 Å². The lowest BCUT2D eigenvalue weighted by atomic mass is 9.96. The SMILES string of the molecule is Cc1noc([C@@H](C)NC(=O)c2cc(-c3ccc(F)cc3F)cc(C(O)CF)c2)n1. The van der Waals surface area contributed by atoms with Crippen molar-refractivity contribution in [3.63, 3.8) is 0 Å². The van der Waals surface area contributed by atoms with Gasteiger partial charge in [0, 0.05) is 17.2 Å². The monoisotopic (exact) mass is 405 g/mol. The number of hydrogen-bond donors (Lipinski definition) is 2. The molecule has 0 spiro atoms. The van der Waals surface area contributed by atoms with Crippen LogP contribution >= 0.6 is 0 Å². The van der Waals surface area contributed by atoms with E-state index in [9.17, 15) is 23.1 Å². The maximum Gasteiger partial charge on any atom is 0.251 e. The van der Waals surface area contributed by atoms with Crippen LogP contribution in [-0.4, -0.2) is 27.8 Å². The second kappa shape index (κ2) is 8.44. The fourth-order valence-electron chi connectivity index (χ4n) is 2.77. The van der Waals surface area contributed by atoms with Gasteiger partial charge in [0.05, 0.1) is 0 Å². The molecule has 1 amide bonds. The standard InChI is InChI=1S/C20H18F3N3O3/c1-10(20-25-11(2)26-29-20)24-19(28)14-6-12(5-13(7-14)18(27)9-21)16-4-3-15(22)8-17(16)23/h3-8,10,18,27H,9H2,1-2H3,(H,24,28)/t10-,18?/m1/s1. The first-order valence-corrected chi connectivity index (χ1v) is 8.74. The number of benzene rings is 2. The molecule has 6 nitrogen and oxygen atoms in total. The average Bonchev–Trinajstić information content (AvgIpc) is 3.13. The molecule has 0 radical (unpaired) electrons. The minimum Gasteiger partial charge on any atom is -0.386 e. The molecule has 3 aromatic rings. The Morgan fingerprint density at radius 3 is 2.62 bits per heavy atom. The minimum atomic E-state index is -1.50. The molecule has 2 N–H and O–H groups in total. The van der Waals surface area contributed by atoms with Crippen molar-refractivity contribution in [3.05, 3.63) is 70.9 Å². The summed E-state index contributed by atoms with van der Waals surface area (Å²) in [6.07, 6.45) is -1.50. The Kier molecular flexibility index (Phi) is 5.97. The first-order chi connectivity index (χ1) is 13.8. The molecule has 0 aliphatic heterocycles. The molecule has 1 heterocycles. The van der Waals surface area contributed by atoms with Gasteiger partial charge in [0.2, 0.25) is 5.89 Å². The molecule has 0 aliphatic carbocycles. The zero-order valence-electron chi connectivity index (χ0n) is 15.6. The minimum absolute atomic E-state index is 0.00827. The third-order valence-corrected chi connectivity index (χ3v) is 4.25. The molecule has 0 fully saturated rings. The van der Waals surface area contributed by atoms with Gasteiger partial charge in [-0.05, 0) is 55.3 Å². The van der Waals surface area contributed by atoms with Gasteiger partial charge < -0.3 is 14.9 Å². The van der Waals surface area contributed by atoms with Crippen molar-refractivity contribution >= 4 is 5.91 Å². The number of nitrogens with one attached hydrogen (secondary N) is 1. The molecule has 1 unspecified atom stereocenters. The van der Waals surface area contributed by atoms with E-state index in [0.29, 0.717) is 11.9 Å². The van der Waals surface area contributed by atoms with Crippen molar-refractivity contribution in [1.29, 1.82) is 0 Å². The Labute approximate surface area is 164 Å². The van der Waals surface area contributed by atoms with Crippen LogP contribution in [0.15, 0.2) is 40.9 Å². The van der Waals surface area contributed by atoms with E-state index >= 15 is 0 Å². The number of nitrogens with zero attached hydrogens (tertiary/aromatic N) is 2. The molecule has 29 heavy (non-hydrogen) atoms. The number of aryl methyl sites for hydroxylation is 1. The number of aromatic nitrogens is 2. The van der Waals surface area contributed by atoms with Crippen LogP contribution in [0.4, 0.5) is 13.2 Å². The van der Waals surface area contributed by atoms with Crippen LogP contribution in [0.1, 0.15) is 46.7 Å². The number of halogens is 3. The van der Waals surface area contributed by atoms with Crippen LogP contribution < -0.4 is 5.32 Å². The van der Waals surface area contributed by atoms with E-state index in [4.69, 9.17) is 4.52 Å². The highest BCUT2D eigenvalue weighted by Crippen LogP contribution is 2.28. The van der Waals surface area contributed by atoms with E-state index in [-0.39, 0.29) is 28.1 Å². The normalized spacial score (nSPS) is 13.2. The topological polar surface area (TPSA) is 88.2 Å². The molecular formula is C20H18F3N3O3. The van der Waals surface area contributed by atoms with Gasteiger partial charge in [0.15, 0.2) is 5.82 Å². The quantitative estimate of drug-likeness (QED) is 0.651. The summed E-state index contributed by atoms with van der Waals surface area (Å²) in [6, 6.07) is 6.37. The third kappa shape index (κ3) is 4.62. The first-order valence-electron chi connectivity index (χ1n) is 8.74.